The first-order valence-electron chi connectivity index (χ1n) is 4.40. The summed E-state index contributed by atoms with van der Waals surface area (Å²) in [7, 11) is 1.59. The first-order chi connectivity index (χ1) is 6.63. The molecule has 1 atom stereocenters. The summed E-state index contributed by atoms with van der Waals surface area (Å²) in [5, 5.41) is 0.632. The van der Waals surface area contributed by atoms with E-state index in [1.165, 1.54) is 11.3 Å². The van der Waals surface area contributed by atoms with Crippen LogP contribution < -0.4 is 10.5 Å². The van der Waals surface area contributed by atoms with Gasteiger partial charge in [0.25, 0.3) is 5.19 Å². The van der Waals surface area contributed by atoms with Crippen LogP contribution in [0, 0.1) is 17.8 Å². The van der Waals surface area contributed by atoms with Crippen molar-refractivity contribution in [3.63, 3.8) is 0 Å². The molecule has 0 spiro atoms. The topological polar surface area (TPSA) is 48.1 Å². The number of hydrogen-bond donors (Lipinski definition) is 1. The molecule has 0 saturated heterocycles. The van der Waals surface area contributed by atoms with Gasteiger partial charge in [0.2, 0.25) is 0 Å². The monoisotopic (exact) mass is 210 g/mol. The molecular formula is C10H14N2OS. The van der Waals surface area contributed by atoms with E-state index in [0.717, 1.165) is 4.88 Å². The van der Waals surface area contributed by atoms with Crippen molar-refractivity contribution in [3.05, 3.63) is 11.1 Å². The molecule has 0 fully saturated rings. The molecule has 1 aromatic rings. The first kappa shape index (κ1) is 11.0. The minimum absolute atomic E-state index is 0.0805. The van der Waals surface area contributed by atoms with Crippen molar-refractivity contribution in [1.29, 1.82) is 0 Å². The van der Waals surface area contributed by atoms with Crippen LogP contribution in [0.25, 0.3) is 0 Å². The summed E-state index contributed by atoms with van der Waals surface area (Å²) in [6.45, 7) is 4.10. The molecule has 0 bridgehead atoms. The summed E-state index contributed by atoms with van der Waals surface area (Å²) in [5.41, 5.74) is 5.78. The molecule has 0 aromatic carbocycles. The van der Waals surface area contributed by atoms with E-state index in [1.807, 2.05) is 13.8 Å². The third-order valence-electron chi connectivity index (χ3n) is 1.74. The van der Waals surface area contributed by atoms with Gasteiger partial charge in [-0.2, -0.15) is 0 Å². The largest absolute Gasteiger partial charge is 0.473 e. The zero-order valence-corrected chi connectivity index (χ0v) is 9.39. The molecule has 0 aliphatic carbocycles. The van der Waals surface area contributed by atoms with Crippen molar-refractivity contribution in [2.24, 2.45) is 11.7 Å². The minimum Gasteiger partial charge on any atom is -0.473 e. The summed E-state index contributed by atoms with van der Waals surface area (Å²) < 4.78 is 4.96. The first-order valence-corrected chi connectivity index (χ1v) is 5.22. The Morgan fingerprint density at radius 1 is 1.57 bits per heavy atom. The summed E-state index contributed by atoms with van der Waals surface area (Å²) >= 11 is 1.42. The van der Waals surface area contributed by atoms with Crippen molar-refractivity contribution >= 4 is 11.3 Å². The Hall–Kier alpha value is -1.05. The van der Waals surface area contributed by atoms with Crippen molar-refractivity contribution in [1.82, 2.24) is 4.98 Å². The van der Waals surface area contributed by atoms with Gasteiger partial charge in [0, 0.05) is 0 Å². The fourth-order valence-electron chi connectivity index (χ4n) is 0.731. The second-order valence-electron chi connectivity index (χ2n) is 3.23. The molecule has 3 nitrogen and oxygen atoms in total. The van der Waals surface area contributed by atoms with E-state index in [2.05, 4.69) is 16.8 Å². The number of ether oxygens (including phenoxy) is 1. The minimum atomic E-state index is -0.0805. The van der Waals surface area contributed by atoms with Crippen LogP contribution in [0.4, 0.5) is 0 Å². The van der Waals surface area contributed by atoms with Gasteiger partial charge in [-0.3, -0.25) is 0 Å². The Morgan fingerprint density at radius 3 is 2.79 bits per heavy atom. The van der Waals surface area contributed by atoms with E-state index in [4.69, 9.17) is 10.5 Å². The van der Waals surface area contributed by atoms with E-state index in [9.17, 15) is 0 Å². The van der Waals surface area contributed by atoms with Crippen molar-refractivity contribution in [2.75, 3.05) is 7.11 Å². The van der Waals surface area contributed by atoms with Crippen LogP contribution in [-0.4, -0.2) is 18.1 Å². The van der Waals surface area contributed by atoms with Gasteiger partial charge in [-0.25, -0.2) is 4.98 Å². The zero-order valence-electron chi connectivity index (χ0n) is 8.57. The van der Waals surface area contributed by atoms with E-state index < -0.39 is 0 Å². The summed E-state index contributed by atoms with van der Waals surface area (Å²) in [6, 6.07) is -0.0805. The van der Waals surface area contributed by atoms with Crippen molar-refractivity contribution < 1.29 is 4.74 Å². The normalized spacial score (nSPS) is 12.1. The number of nitrogens with two attached hydrogens (primary N) is 1. The van der Waals surface area contributed by atoms with E-state index in [-0.39, 0.29) is 6.04 Å². The van der Waals surface area contributed by atoms with Crippen LogP contribution in [0.2, 0.25) is 0 Å². The molecule has 1 rings (SSSR count). The van der Waals surface area contributed by atoms with Gasteiger partial charge in [0.15, 0.2) is 0 Å². The summed E-state index contributed by atoms with van der Waals surface area (Å²) in [4.78, 5) is 4.90. The van der Waals surface area contributed by atoms with E-state index in [1.54, 1.807) is 13.3 Å². The molecule has 0 aliphatic rings. The molecule has 0 amide bonds. The van der Waals surface area contributed by atoms with Crippen LogP contribution in [-0.2, 0) is 0 Å². The third kappa shape index (κ3) is 3.02. The summed E-state index contributed by atoms with van der Waals surface area (Å²) in [5.74, 6) is 6.33. The van der Waals surface area contributed by atoms with Gasteiger partial charge in [-0.05, 0) is 5.92 Å². The maximum Gasteiger partial charge on any atom is 0.274 e. The van der Waals surface area contributed by atoms with Gasteiger partial charge in [-0.1, -0.05) is 37.0 Å². The lowest BCUT2D eigenvalue weighted by atomic mass is 10.1. The van der Waals surface area contributed by atoms with E-state index in [0.29, 0.717) is 11.1 Å². The number of hydrogen-bond acceptors (Lipinski definition) is 4. The number of nitrogens with zero attached hydrogens (tertiary/aromatic N) is 1. The molecule has 0 radical (unpaired) electrons. The highest BCUT2D eigenvalue weighted by molar-refractivity contribution is 7.13. The standard InChI is InChI=1S/C10H14N2OS/c1-7(2)9(11)5-4-8-6-12-10(13-3)14-8/h6-7,9H,11H2,1-3H3. The molecule has 1 heterocycles. The van der Waals surface area contributed by atoms with Crippen molar-refractivity contribution in [3.8, 4) is 17.0 Å². The van der Waals surface area contributed by atoms with Crippen LogP contribution >= 0.6 is 11.3 Å². The number of aromatic nitrogens is 1. The highest BCUT2D eigenvalue weighted by Gasteiger charge is 2.03. The second-order valence-corrected chi connectivity index (χ2v) is 4.23. The van der Waals surface area contributed by atoms with Crippen molar-refractivity contribution in [2.45, 2.75) is 19.9 Å². The third-order valence-corrected chi connectivity index (χ3v) is 2.61. The van der Waals surface area contributed by atoms with Gasteiger partial charge < -0.3 is 10.5 Å². The Bertz CT molecular complexity index is 348. The van der Waals surface area contributed by atoms with E-state index >= 15 is 0 Å². The van der Waals surface area contributed by atoms with Crippen LogP contribution in [0.1, 0.15) is 18.7 Å². The lowest BCUT2D eigenvalue weighted by molar-refractivity contribution is 0.412. The molecule has 1 unspecified atom stereocenters. The molecular weight excluding hydrogens is 196 g/mol. The molecule has 4 heteroatoms. The molecule has 2 N–H and O–H groups in total. The SMILES string of the molecule is COc1ncc(C#CC(N)C(C)C)s1. The Labute approximate surface area is 88.3 Å². The van der Waals surface area contributed by atoms with Crippen LogP contribution in [0.3, 0.4) is 0 Å². The average Bonchev–Trinajstić information content (AvgIpc) is 2.61. The number of rotatable bonds is 2. The smallest absolute Gasteiger partial charge is 0.274 e. The zero-order chi connectivity index (χ0) is 10.6. The molecule has 76 valence electrons. The van der Waals surface area contributed by atoms with Crippen LogP contribution in [0.5, 0.6) is 5.19 Å². The fourth-order valence-corrected chi connectivity index (χ4v) is 1.32. The quantitative estimate of drug-likeness (QED) is 0.752. The van der Waals surface area contributed by atoms with Gasteiger partial charge in [0.05, 0.1) is 19.3 Å². The molecule has 0 saturated carbocycles. The maximum absolute atomic E-state index is 5.78. The Balaban J connectivity index is 2.67. The lowest BCUT2D eigenvalue weighted by Crippen LogP contribution is -2.23. The van der Waals surface area contributed by atoms with Crippen LogP contribution in [0.15, 0.2) is 6.20 Å². The number of methoxy groups -OCH3 is 1. The van der Waals surface area contributed by atoms with Gasteiger partial charge in [0.1, 0.15) is 4.88 Å². The predicted molar refractivity (Wildman–Crippen MR) is 58.4 cm³/mol. The predicted octanol–water partition coefficient (Wildman–Crippen LogP) is 1.49. The lowest BCUT2D eigenvalue weighted by Gasteiger charge is -2.05. The molecule has 0 aliphatic heterocycles. The summed E-state index contributed by atoms with van der Waals surface area (Å²) in [6.07, 6.45) is 1.70. The highest BCUT2D eigenvalue weighted by atomic mass is 32.1. The number of thiazole rings is 1. The highest BCUT2D eigenvalue weighted by Crippen LogP contribution is 2.18. The molecule has 1 aromatic heterocycles. The second kappa shape index (κ2) is 4.99. The average molecular weight is 210 g/mol. The molecule has 14 heavy (non-hydrogen) atoms. The van der Waals surface area contributed by atoms with Gasteiger partial charge >= 0.3 is 0 Å². The Morgan fingerprint density at radius 2 is 2.29 bits per heavy atom. The Kier molecular flexibility index (Phi) is 3.93. The van der Waals surface area contributed by atoms with Gasteiger partial charge in [-0.15, -0.1) is 0 Å². The fraction of sp³-hybridized carbons (Fsp3) is 0.500. The maximum atomic E-state index is 5.78.